The van der Waals surface area contributed by atoms with Crippen LogP contribution < -0.4 is 15.5 Å². The first kappa shape index (κ1) is 21.2. The molecule has 3 unspecified atom stereocenters. The van der Waals surface area contributed by atoms with Crippen LogP contribution in [0.15, 0.2) is 36.5 Å². The molecule has 2 heterocycles. The van der Waals surface area contributed by atoms with Crippen LogP contribution in [0.1, 0.15) is 50.5 Å². The van der Waals surface area contributed by atoms with Gasteiger partial charge in [-0.25, -0.2) is 9.97 Å². The third-order valence-corrected chi connectivity index (χ3v) is 8.35. The van der Waals surface area contributed by atoms with Crippen LogP contribution in [0, 0.1) is 16.7 Å². The van der Waals surface area contributed by atoms with Gasteiger partial charge in [0.05, 0.1) is 13.2 Å². The number of nitrogens with one attached hydrogen (secondary N) is 2. The summed E-state index contributed by atoms with van der Waals surface area (Å²) in [5.74, 6) is 0.841. The number of amides is 1. The van der Waals surface area contributed by atoms with Gasteiger partial charge in [0.1, 0.15) is 5.69 Å². The number of hydrogen-bond donors (Lipinski definition) is 2. The van der Waals surface area contributed by atoms with Gasteiger partial charge in [0.25, 0.3) is 5.91 Å². The number of morpholine rings is 1. The summed E-state index contributed by atoms with van der Waals surface area (Å²) in [5, 5.41) is 6.49. The number of rotatable bonds is 5. The molecular weight excluding hydrogens is 402 g/mol. The van der Waals surface area contributed by atoms with E-state index in [4.69, 9.17) is 4.74 Å². The van der Waals surface area contributed by atoms with E-state index in [0.29, 0.717) is 23.0 Å². The van der Waals surface area contributed by atoms with Gasteiger partial charge in [0.15, 0.2) is 0 Å². The predicted octanol–water partition coefficient (Wildman–Crippen LogP) is 4.00. The molecule has 1 saturated heterocycles. The molecule has 170 valence electrons. The molecule has 1 aliphatic heterocycles. The van der Waals surface area contributed by atoms with Gasteiger partial charge in [-0.2, -0.15) is 0 Å². The summed E-state index contributed by atoms with van der Waals surface area (Å²) in [7, 11) is 0. The van der Waals surface area contributed by atoms with Crippen molar-refractivity contribution in [3.8, 4) is 0 Å². The summed E-state index contributed by atoms with van der Waals surface area (Å²) in [6.07, 6.45) is 5.12. The summed E-state index contributed by atoms with van der Waals surface area (Å²) in [6, 6.07) is 10.1. The first-order chi connectivity index (χ1) is 15.4. The highest BCUT2D eigenvalue weighted by molar-refractivity contribution is 5.92. The molecule has 5 rings (SSSR count). The Kier molecular flexibility index (Phi) is 5.32. The Hall–Kier alpha value is -2.67. The number of carbonyl (C=O) groups is 1. The number of carbonyl (C=O) groups excluding carboxylic acids is 1. The van der Waals surface area contributed by atoms with E-state index in [1.807, 2.05) is 12.1 Å². The van der Waals surface area contributed by atoms with Crippen molar-refractivity contribution in [2.45, 2.75) is 46.1 Å². The van der Waals surface area contributed by atoms with Crippen LogP contribution in [0.2, 0.25) is 0 Å². The van der Waals surface area contributed by atoms with E-state index in [2.05, 4.69) is 58.4 Å². The van der Waals surface area contributed by atoms with Gasteiger partial charge in [-0.1, -0.05) is 20.8 Å². The zero-order valence-electron chi connectivity index (χ0n) is 19.2. The number of hydrogen-bond acceptors (Lipinski definition) is 6. The van der Waals surface area contributed by atoms with Crippen molar-refractivity contribution >= 4 is 23.2 Å². The molecule has 7 nitrogen and oxygen atoms in total. The quantitative estimate of drug-likeness (QED) is 0.739. The van der Waals surface area contributed by atoms with Crippen LogP contribution in [-0.4, -0.2) is 48.2 Å². The molecule has 2 saturated carbocycles. The predicted molar refractivity (Wildman–Crippen MR) is 125 cm³/mol. The Morgan fingerprint density at radius 3 is 2.53 bits per heavy atom. The van der Waals surface area contributed by atoms with Gasteiger partial charge in [0.2, 0.25) is 5.95 Å². The number of ether oxygens (including phenoxy) is 1. The molecule has 1 aromatic heterocycles. The monoisotopic (exact) mass is 435 g/mol. The number of fused-ring (bicyclic) bond motifs is 2. The minimum Gasteiger partial charge on any atom is -0.378 e. The van der Waals surface area contributed by atoms with Crippen LogP contribution in [0.5, 0.6) is 0 Å². The summed E-state index contributed by atoms with van der Waals surface area (Å²) >= 11 is 0. The molecular formula is C25H33N5O2. The number of anilines is 3. The molecule has 3 aliphatic rings. The first-order valence-electron chi connectivity index (χ1n) is 11.7. The van der Waals surface area contributed by atoms with Crippen molar-refractivity contribution in [3.05, 3.63) is 42.2 Å². The van der Waals surface area contributed by atoms with Crippen LogP contribution in [0.25, 0.3) is 0 Å². The minimum absolute atomic E-state index is 0.116. The highest BCUT2D eigenvalue weighted by atomic mass is 16.5. The van der Waals surface area contributed by atoms with Crippen molar-refractivity contribution < 1.29 is 9.53 Å². The third-order valence-electron chi connectivity index (χ3n) is 8.35. The van der Waals surface area contributed by atoms with Crippen molar-refractivity contribution in [1.82, 2.24) is 15.3 Å². The molecule has 32 heavy (non-hydrogen) atoms. The van der Waals surface area contributed by atoms with E-state index in [9.17, 15) is 4.79 Å². The topological polar surface area (TPSA) is 79.4 Å². The zero-order valence-corrected chi connectivity index (χ0v) is 19.2. The molecule has 2 aromatic rings. The largest absolute Gasteiger partial charge is 0.378 e. The van der Waals surface area contributed by atoms with Gasteiger partial charge >= 0.3 is 0 Å². The average Bonchev–Trinajstić information content (AvgIpc) is 3.13. The van der Waals surface area contributed by atoms with Crippen LogP contribution in [-0.2, 0) is 4.74 Å². The normalized spacial score (nSPS) is 28.5. The van der Waals surface area contributed by atoms with Crippen molar-refractivity contribution in [2.24, 2.45) is 16.7 Å². The van der Waals surface area contributed by atoms with Gasteiger partial charge < -0.3 is 20.3 Å². The second-order valence-corrected chi connectivity index (χ2v) is 10.2. The summed E-state index contributed by atoms with van der Waals surface area (Å²) in [4.78, 5) is 24.1. The van der Waals surface area contributed by atoms with E-state index in [1.165, 1.54) is 18.5 Å². The van der Waals surface area contributed by atoms with E-state index >= 15 is 0 Å². The SMILES string of the molecule is CC12CCC(C(NC(=O)c3ccnc(Nc4ccc(N5CCOCC5)cc4)n3)C1)C2(C)C. The van der Waals surface area contributed by atoms with E-state index < -0.39 is 0 Å². The molecule has 2 bridgehead atoms. The van der Waals surface area contributed by atoms with Crippen LogP contribution in [0.3, 0.4) is 0 Å². The molecule has 2 aliphatic carbocycles. The molecule has 1 aromatic carbocycles. The Morgan fingerprint density at radius 1 is 1.12 bits per heavy atom. The van der Waals surface area contributed by atoms with E-state index in [-0.39, 0.29) is 17.4 Å². The zero-order chi connectivity index (χ0) is 22.3. The van der Waals surface area contributed by atoms with Crippen LogP contribution in [0.4, 0.5) is 17.3 Å². The standard InChI is InChI=1S/C25H33N5O2/c1-24(2)19-8-10-25(24,3)16-21(19)28-22(31)20-9-11-26-23(29-20)27-17-4-6-18(7-5-17)30-12-14-32-15-13-30/h4-7,9,11,19,21H,8,10,12-16H2,1-3H3,(H,28,31)(H,26,27,29). The van der Waals surface area contributed by atoms with E-state index in [0.717, 1.165) is 38.4 Å². The molecule has 7 heteroatoms. The number of aromatic nitrogens is 2. The first-order valence-corrected chi connectivity index (χ1v) is 11.7. The van der Waals surface area contributed by atoms with Crippen molar-refractivity contribution in [3.63, 3.8) is 0 Å². The highest BCUT2D eigenvalue weighted by Crippen LogP contribution is 2.65. The molecule has 0 radical (unpaired) electrons. The lowest BCUT2D eigenvalue weighted by atomic mass is 9.71. The second kappa shape index (κ2) is 8.03. The summed E-state index contributed by atoms with van der Waals surface area (Å²) in [6.45, 7) is 10.4. The lowest BCUT2D eigenvalue weighted by Crippen LogP contribution is -2.40. The Bertz CT molecular complexity index is 983. The van der Waals surface area contributed by atoms with Crippen molar-refractivity contribution in [2.75, 3.05) is 36.5 Å². The highest BCUT2D eigenvalue weighted by Gasteiger charge is 2.60. The lowest BCUT2D eigenvalue weighted by Gasteiger charge is -2.33. The maximum Gasteiger partial charge on any atom is 0.270 e. The second-order valence-electron chi connectivity index (χ2n) is 10.2. The molecule has 1 amide bonds. The molecule has 0 spiro atoms. The fraction of sp³-hybridized carbons (Fsp3) is 0.560. The Balaban J connectivity index is 1.23. The number of nitrogens with zero attached hydrogens (tertiary/aromatic N) is 3. The fourth-order valence-corrected chi connectivity index (χ4v) is 5.95. The third kappa shape index (κ3) is 3.72. The van der Waals surface area contributed by atoms with Gasteiger partial charge in [-0.3, -0.25) is 4.79 Å². The molecule has 3 fully saturated rings. The van der Waals surface area contributed by atoms with Gasteiger partial charge in [-0.15, -0.1) is 0 Å². The number of benzene rings is 1. The summed E-state index contributed by atoms with van der Waals surface area (Å²) in [5.41, 5.74) is 3.04. The maximum atomic E-state index is 13.0. The molecule has 3 atom stereocenters. The van der Waals surface area contributed by atoms with Gasteiger partial charge in [-0.05, 0) is 66.3 Å². The average molecular weight is 436 g/mol. The van der Waals surface area contributed by atoms with Crippen LogP contribution >= 0.6 is 0 Å². The Labute approximate surface area is 190 Å². The Morgan fingerprint density at radius 2 is 1.88 bits per heavy atom. The minimum atomic E-state index is -0.116. The van der Waals surface area contributed by atoms with Gasteiger partial charge in [0, 0.05) is 36.7 Å². The lowest BCUT2D eigenvalue weighted by molar-refractivity contribution is 0.0912. The maximum absolute atomic E-state index is 13.0. The van der Waals surface area contributed by atoms with Crippen molar-refractivity contribution in [1.29, 1.82) is 0 Å². The fourth-order valence-electron chi connectivity index (χ4n) is 5.95. The smallest absolute Gasteiger partial charge is 0.270 e. The summed E-state index contributed by atoms with van der Waals surface area (Å²) < 4.78 is 5.42. The molecule has 2 N–H and O–H groups in total. The van der Waals surface area contributed by atoms with E-state index in [1.54, 1.807) is 12.3 Å².